The monoisotopic (exact) mass is 295 g/mol. The molecule has 0 spiro atoms. The summed E-state index contributed by atoms with van der Waals surface area (Å²) >= 11 is 0. The topological polar surface area (TPSA) is 130 Å². The zero-order valence-electron chi connectivity index (χ0n) is 10.9. The van der Waals surface area contributed by atoms with Crippen molar-refractivity contribution in [3.05, 3.63) is 24.1 Å². The standard InChI is InChI=1S/C12H14FN5O3/c13-6-5(1-2-19)9(20)10(21)8(6)18-4-17-7-11(14)15-3-16-12(7)18/h3-4,8-10,19-21H,1-2H2,(H2,14,15,16)/t8?,9-,10+/m1/s1. The van der Waals surface area contributed by atoms with Crippen molar-refractivity contribution in [3.63, 3.8) is 0 Å². The second kappa shape index (κ2) is 5.02. The van der Waals surface area contributed by atoms with Gasteiger partial charge in [0.15, 0.2) is 11.5 Å². The van der Waals surface area contributed by atoms with E-state index in [0.29, 0.717) is 5.52 Å². The van der Waals surface area contributed by atoms with Crippen LogP contribution in [-0.4, -0.2) is 53.7 Å². The summed E-state index contributed by atoms with van der Waals surface area (Å²) in [5.74, 6) is -0.549. The van der Waals surface area contributed by atoms with Crippen molar-refractivity contribution >= 4 is 17.0 Å². The van der Waals surface area contributed by atoms with E-state index in [1.807, 2.05) is 0 Å². The highest BCUT2D eigenvalue weighted by Gasteiger charge is 2.43. The summed E-state index contributed by atoms with van der Waals surface area (Å²) in [6, 6.07) is -1.15. The number of aliphatic hydroxyl groups is 3. The van der Waals surface area contributed by atoms with E-state index in [0.717, 1.165) is 0 Å². The Kier molecular flexibility index (Phi) is 3.32. The van der Waals surface area contributed by atoms with Crippen LogP contribution in [0.2, 0.25) is 0 Å². The number of imidazole rings is 1. The molecule has 2 heterocycles. The van der Waals surface area contributed by atoms with E-state index in [2.05, 4.69) is 15.0 Å². The molecule has 0 bridgehead atoms. The maximum Gasteiger partial charge on any atom is 0.166 e. The van der Waals surface area contributed by atoms with Crippen LogP contribution < -0.4 is 5.73 Å². The second-order valence-corrected chi connectivity index (χ2v) is 4.81. The molecular weight excluding hydrogens is 281 g/mol. The molecule has 0 saturated carbocycles. The number of hydrogen-bond acceptors (Lipinski definition) is 7. The summed E-state index contributed by atoms with van der Waals surface area (Å²) in [4.78, 5) is 11.8. The molecule has 0 saturated heterocycles. The molecule has 2 aromatic rings. The van der Waals surface area contributed by atoms with Crippen LogP contribution in [0.15, 0.2) is 24.1 Å². The number of rotatable bonds is 3. The number of nitrogens with zero attached hydrogens (tertiary/aromatic N) is 4. The molecular formula is C12H14FN5O3. The molecule has 1 aliphatic rings. The van der Waals surface area contributed by atoms with E-state index in [9.17, 15) is 14.6 Å². The summed E-state index contributed by atoms with van der Waals surface area (Å²) in [6.07, 6.45) is -0.315. The minimum absolute atomic E-state index is 0.0149. The van der Waals surface area contributed by atoms with Crippen molar-refractivity contribution in [2.24, 2.45) is 0 Å². The number of halogens is 1. The molecule has 0 amide bonds. The molecule has 0 radical (unpaired) electrons. The van der Waals surface area contributed by atoms with Crippen LogP contribution in [0.1, 0.15) is 12.5 Å². The van der Waals surface area contributed by atoms with Crippen molar-refractivity contribution in [1.82, 2.24) is 19.5 Å². The lowest BCUT2D eigenvalue weighted by molar-refractivity contribution is 0.0279. The largest absolute Gasteiger partial charge is 0.396 e. The Morgan fingerprint density at radius 2 is 2.05 bits per heavy atom. The number of aliphatic hydroxyl groups excluding tert-OH is 3. The van der Waals surface area contributed by atoms with Crippen LogP contribution in [0, 0.1) is 0 Å². The zero-order chi connectivity index (χ0) is 15.1. The Labute approximate surface area is 118 Å². The highest BCUT2D eigenvalue weighted by Crippen LogP contribution is 2.39. The fourth-order valence-corrected chi connectivity index (χ4v) is 2.61. The number of anilines is 1. The summed E-state index contributed by atoms with van der Waals surface area (Å²) < 4.78 is 15.8. The first-order chi connectivity index (χ1) is 10.1. The molecule has 2 aromatic heterocycles. The molecule has 9 heteroatoms. The van der Waals surface area contributed by atoms with Crippen LogP contribution in [0.25, 0.3) is 11.2 Å². The highest BCUT2D eigenvalue weighted by molar-refractivity contribution is 5.81. The van der Waals surface area contributed by atoms with E-state index < -0.39 is 24.1 Å². The lowest BCUT2D eigenvalue weighted by Gasteiger charge is -2.19. The van der Waals surface area contributed by atoms with E-state index in [1.165, 1.54) is 17.2 Å². The highest BCUT2D eigenvalue weighted by atomic mass is 19.1. The zero-order valence-corrected chi connectivity index (χ0v) is 10.9. The lowest BCUT2D eigenvalue weighted by Crippen LogP contribution is -2.30. The van der Waals surface area contributed by atoms with Crippen molar-refractivity contribution in [3.8, 4) is 0 Å². The van der Waals surface area contributed by atoms with Gasteiger partial charge in [-0.05, 0) is 12.0 Å². The predicted molar refractivity (Wildman–Crippen MR) is 70.6 cm³/mol. The maximum atomic E-state index is 14.5. The van der Waals surface area contributed by atoms with Gasteiger partial charge in [0, 0.05) is 6.61 Å². The molecule has 3 rings (SSSR count). The smallest absolute Gasteiger partial charge is 0.166 e. The average Bonchev–Trinajstić information content (AvgIpc) is 2.96. The predicted octanol–water partition coefficient (Wildman–Crippen LogP) is -0.709. The molecule has 0 aliphatic heterocycles. The molecule has 5 N–H and O–H groups in total. The molecule has 21 heavy (non-hydrogen) atoms. The number of fused-ring (bicyclic) bond motifs is 1. The Bertz CT molecular complexity index is 716. The Morgan fingerprint density at radius 3 is 2.76 bits per heavy atom. The number of nitrogen functional groups attached to an aromatic ring is 1. The summed E-state index contributed by atoms with van der Waals surface area (Å²) in [7, 11) is 0. The molecule has 112 valence electrons. The third-order valence-electron chi connectivity index (χ3n) is 3.64. The number of hydrogen-bond donors (Lipinski definition) is 4. The molecule has 0 aromatic carbocycles. The summed E-state index contributed by atoms with van der Waals surface area (Å²) in [5, 5.41) is 28.9. The lowest BCUT2D eigenvalue weighted by atomic mass is 10.1. The number of aromatic nitrogens is 4. The van der Waals surface area contributed by atoms with Crippen LogP contribution >= 0.6 is 0 Å². The summed E-state index contributed by atoms with van der Waals surface area (Å²) in [6.45, 7) is -0.320. The van der Waals surface area contributed by atoms with Gasteiger partial charge in [-0.2, -0.15) is 0 Å². The molecule has 0 fully saturated rings. The fourth-order valence-electron chi connectivity index (χ4n) is 2.61. The first-order valence-electron chi connectivity index (χ1n) is 6.34. The quantitative estimate of drug-likeness (QED) is 0.588. The van der Waals surface area contributed by atoms with Gasteiger partial charge in [-0.1, -0.05) is 0 Å². The van der Waals surface area contributed by atoms with Gasteiger partial charge >= 0.3 is 0 Å². The summed E-state index contributed by atoms with van der Waals surface area (Å²) in [5.41, 5.74) is 6.20. The van der Waals surface area contributed by atoms with Crippen LogP contribution in [0.3, 0.4) is 0 Å². The normalized spacial score (nSPS) is 26.0. The van der Waals surface area contributed by atoms with Gasteiger partial charge in [-0.15, -0.1) is 0 Å². The van der Waals surface area contributed by atoms with E-state index >= 15 is 0 Å². The van der Waals surface area contributed by atoms with Gasteiger partial charge in [-0.25, -0.2) is 19.3 Å². The van der Waals surface area contributed by atoms with Crippen molar-refractivity contribution < 1.29 is 19.7 Å². The maximum absolute atomic E-state index is 14.5. The third-order valence-corrected chi connectivity index (χ3v) is 3.64. The molecule has 3 atom stereocenters. The Balaban J connectivity index is 2.12. The van der Waals surface area contributed by atoms with Crippen molar-refractivity contribution in [2.75, 3.05) is 12.3 Å². The minimum atomic E-state index is -1.39. The van der Waals surface area contributed by atoms with E-state index in [4.69, 9.17) is 10.8 Å². The van der Waals surface area contributed by atoms with Crippen molar-refractivity contribution in [1.29, 1.82) is 0 Å². The van der Waals surface area contributed by atoms with Crippen molar-refractivity contribution in [2.45, 2.75) is 24.7 Å². The molecule has 8 nitrogen and oxygen atoms in total. The first kappa shape index (κ1) is 13.9. The van der Waals surface area contributed by atoms with Gasteiger partial charge in [0.05, 0.1) is 6.33 Å². The second-order valence-electron chi connectivity index (χ2n) is 4.81. The Hall–Kier alpha value is -2.10. The number of nitrogens with two attached hydrogens (primary N) is 1. The molecule has 1 unspecified atom stereocenters. The van der Waals surface area contributed by atoms with Gasteiger partial charge in [-0.3, -0.25) is 0 Å². The third kappa shape index (κ3) is 1.97. The van der Waals surface area contributed by atoms with Gasteiger partial charge in [0.2, 0.25) is 0 Å². The van der Waals surface area contributed by atoms with E-state index in [-0.39, 0.29) is 30.1 Å². The van der Waals surface area contributed by atoms with E-state index in [1.54, 1.807) is 0 Å². The minimum Gasteiger partial charge on any atom is -0.396 e. The SMILES string of the molecule is Nc1ncnc2c1ncn2C1C(F)=C(CCO)[C@@H](O)[C@H]1O. The first-order valence-corrected chi connectivity index (χ1v) is 6.34. The van der Waals surface area contributed by atoms with Gasteiger partial charge in [0.25, 0.3) is 0 Å². The van der Waals surface area contributed by atoms with Crippen LogP contribution in [0.4, 0.5) is 10.2 Å². The van der Waals surface area contributed by atoms with Gasteiger partial charge in [0.1, 0.15) is 35.9 Å². The fraction of sp³-hybridized carbons (Fsp3) is 0.417. The van der Waals surface area contributed by atoms with Gasteiger partial charge < -0.3 is 25.6 Å². The average molecular weight is 295 g/mol. The molecule has 1 aliphatic carbocycles. The van der Waals surface area contributed by atoms with Crippen LogP contribution in [0.5, 0.6) is 0 Å². The Morgan fingerprint density at radius 1 is 1.29 bits per heavy atom. The van der Waals surface area contributed by atoms with Crippen LogP contribution in [-0.2, 0) is 0 Å².